The number of benzene rings is 2. The van der Waals surface area contributed by atoms with Gasteiger partial charge in [0, 0.05) is 6.04 Å². The van der Waals surface area contributed by atoms with Crippen molar-refractivity contribution < 1.29 is 28.7 Å². The topological polar surface area (TPSA) is 102 Å². The lowest BCUT2D eigenvalue weighted by Gasteiger charge is -2.19. The van der Waals surface area contributed by atoms with Crippen LogP contribution in [0.1, 0.15) is 76.2 Å². The quantitative estimate of drug-likeness (QED) is 0.474. The maximum Gasteiger partial charge on any atom is 0.342 e. The number of nitrogens with zero attached hydrogens (tertiary/aromatic N) is 1. The fourth-order valence-electron chi connectivity index (χ4n) is 4.35. The van der Waals surface area contributed by atoms with E-state index in [0.717, 1.165) is 30.6 Å². The molecule has 2 aromatic rings. The molecule has 1 fully saturated rings. The molecule has 0 radical (unpaired) electrons. The van der Waals surface area contributed by atoms with E-state index in [-0.39, 0.29) is 35.9 Å². The SMILES string of the molecule is CCOc1ccc(CN2C(=O)c3ccccc3C2=O)cc1C(=O)OC(C)C(=O)NC1CCCC1. The molecule has 1 saturated carbocycles. The number of hydrogen-bond donors (Lipinski definition) is 1. The van der Waals surface area contributed by atoms with Crippen LogP contribution >= 0.6 is 0 Å². The van der Waals surface area contributed by atoms with E-state index < -0.39 is 12.1 Å². The monoisotopic (exact) mass is 464 g/mol. The summed E-state index contributed by atoms with van der Waals surface area (Å²) in [7, 11) is 0. The van der Waals surface area contributed by atoms with Gasteiger partial charge in [-0.1, -0.05) is 31.0 Å². The standard InChI is InChI=1S/C26H28N2O6/c1-3-33-22-13-12-17(15-28-24(30)19-10-6-7-11-20(19)25(28)31)14-21(22)26(32)34-16(2)23(29)27-18-8-4-5-9-18/h6-7,10-14,16,18H,3-5,8-9,15H2,1-2H3,(H,27,29). The second kappa shape index (κ2) is 10.1. The molecule has 1 atom stereocenters. The van der Waals surface area contributed by atoms with Gasteiger partial charge in [-0.2, -0.15) is 0 Å². The van der Waals surface area contributed by atoms with Crippen LogP contribution in [-0.2, 0) is 16.1 Å². The van der Waals surface area contributed by atoms with Gasteiger partial charge in [0.15, 0.2) is 6.10 Å². The zero-order chi connectivity index (χ0) is 24.2. The Morgan fingerprint density at radius 2 is 1.71 bits per heavy atom. The highest BCUT2D eigenvalue weighted by atomic mass is 16.5. The molecule has 0 saturated heterocycles. The molecule has 1 aliphatic heterocycles. The summed E-state index contributed by atoms with van der Waals surface area (Å²) in [6.07, 6.45) is 3.05. The van der Waals surface area contributed by atoms with Gasteiger partial charge in [-0.3, -0.25) is 19.3 Å². The maximum absolute atomic E-state index is 13.0. The Kier molecular flexibility index (Phi) is 6.95. The highest BCUT2D eigenvalue weighted by molar-refractivity contribution is 6.21. The number of carbonyl (C=O) groups is 4. The lowest BCUT2D eigenvalue weighted by Crippen LogP contribution is -2.40. The minimum Gasteiger partial charge on any atom is -0.493 e. The van der Waals surface area contributed by atoms with Crippen molar-refractivity contribution >= 4 is 23.7 Å². The minimum atomic E-state index is -0.970. The number of fused-ring (bicyclic) bond motifs is 1. The van der Waals surface area contributed by atoms with Crippen molar-refractivity contribution in [2.24, 2.45) is 0 Å². The van der Waals surface area contributed by atoms with Gasteiger partial charge in [0.2, 0.25) is 0 Å². The first-order chi connectivity index (χ1) is 16.4. The van der Waals surface area contributed by atoms with Crippen molar-refractivity contribution in [1.82, 2.24) is 10.2 Å². The summed E-state index contributed by atoms with van der Waals surface area (Å²) >= 11 is 0. The van der Waals surface area contributed by atoms with Crippen molar-refractivity contribution in [1.29, 1.82) is 0 Å². The Balaban J connectivity index is 1.49. The normalized spacial score (nSPS) is 16.4. The van der Waals surface area contributed by atoms with E-state index in [1.807, 2.05) is 0 Å². The van der Waals surface area contributed by atoms with E-state index >= 15 is 0 Å². The second-order valence-electron chi connectivity index (χ2n) is 8.54. The van der Waals surface area contributed by atoms with E-state index in [2.05, 4.69) is 5.32 Å². The molecule has 1 N–H and O–H groups in total. The zero-order valence-electron chi connectivity index (χ0n) is 19.3. The molecule has 8 heteroatoms. The Morgan fingerprint density at radius 1 is 1.06 bits per heavy atom. The number of carbonyl (C=O) groups excluding carboxylic acids is 4. The number of esters is 1. The number of rotatable bonds is 8. The summed E-state index contributed by atoms with van der Waals surface area (Å²) < 4.78 is 11.0. The predicted molar refractivity (Wildman–Crippen MR) is 124 cm³/mol. The van der Waals surface area contributed by atoms with E-state index in [0.29, 0.717) is 29.0 Å². The molecule has 0 aromatic heterocycles. The highest BCUT2D eigenvalue weighted by Crippen LogP contribution is 2.27. The molecule has 3 amide bonds. The molecule has 4 rings (SSSR count). The summed E-state index contributed by atoms with van der Waals surface area (Å²) in [5.74, 6) is -1.49. The summed E-state index contributed by atoms with van der Waals surface area (Å²) in [6.45, 7) is 3.65. The fraction of sp³-hybridized carbons (Fsp3) is 0.385. The van der Waals surface area contributed by atoms with E-state index in [1.165, 1.54) is 6.92 Å². The lowest BCUT2D eigenvalue weighted by molar-refractivity contribution is -0.129. The number of ether oxygens (including phenoxy) is 2. The smallest absolute Gasteiger partial charge is 0.342 e. The van der Waals surface area contributed by atoms with Crippen LogP contribution in [0.5, 0.6) is 5.75 Å². The van der Waals surface area contributed by atoms with E-state index in [9.17, 15) is 19.2 Å². The fourth-order valence-corrected chi connectivity index (χ4v) is 4.35. The maximum atomic E-state index is 13.0. The third kappa shape index (κ3) is 4.81. The Bertz CT molecular complexity index is 1090. The minimum absolute atomic E-state index is 0.00322. The molecular formula is C26H28N2O6. The van der Waals surface area contributed by atoms with Gasteiger partial charge < -0.3 is 14.8 Å². The lowest BCUT2D eigenvalue weighted by atomic mass is 10.1. The van der Waals surface area contributed by atoms with Crippen molar-refractivity contribution in [2.45, 2.75) is 58.2 Å². The van der Waals surface area contributed by atoms with E-state index in [1.54, 1.807) is 49.4 Å². The van der Waals surface area contributed by atoms with Crippen LogP contribution in [0.3, 0.4) is 0 Å². The van der Waals surface area contributed by atoms with Crippen LogP contribution in [0.25, 0.3) is 0 Å². The molecule has 2 aliphatic rings. The molecule has 1 unspecified atom stereocenters. The van der Waals surface area contributed by atoms with Crippen LogP contribution < -0.4 is 10.1 Å². The molecule has 34 heavy (non-hydrogen) atoms. The van der Waals surface area contributed by atoms with Crippen molar-refractivity contribution in [3.63, 3.8) is 0 Å². The molecule has 8 nitrogen and oxygen atoms in total. The summed E-state index contributed by atoms with van der Waals surface area (Å²) in [5, 5.41) is 2.92. The number of hydrogen-bond acceptors (Lipinski definition) is 6. The second-order valence-corrected chi connectivity index (χ2v) is 8.54. The van der Waals surface area contributed by atoms with Gasteiger partial charge >= 0.3 is 5.97 Å². The average molecular weight is 465 g/mol. The molecule has 1 aliphatic carbocycles. The van der Waals surface area contributed by atoms with Crippen molar-refractivity contribution in [3.8, 4) is 5.75 Å². The molecule has 1 heterocycles. The molecular weight excluding hydrogens is 436 g/mol. The summed E-state index contributed by atoms with van der Waals surface area (Å²) in [5.41, 5.74) is 1.42. The Morgan fingerprint density at radius 3 is 2.32 bits per heavy atom. The third-order valence-corrected chi connectivity index (χ3v) is 6.14. The number of amides is 3. The first-order valence-corrected chi connectivity index (χ1v) is 11.6. The van der Waals surface area contributed by atoms with Crippen LogP contribution in [0.15, 0.2) is 42.5 Å². The van der Waals surface area contributed by atoms with Gasteiger partial charge in [0.25, 0.3) is 17.7 Å². The Hall–Kier alpha value is -3.68. The number of imide groups is 1. The summed E-state index contributed by atoms with van der Waals surface area (Å²) in [6, 6.07) is 11.6. The van der Waals surface area contributed by atoms with Crippen LogP contribution in [0.2, 0.25) is 0 Å². The zero-order valence-corrected chi connectivity index (χ0v) is 19.3. The summed E-state index contributed by atoms with van der Waals surface area (Å²) in [4.78, 5) is 52.0. The first kappa shape index (κ1) is 23.5. The average Bonchev–Trinajstić information content (AvgIpc) is 3.43. The van der Waals surface area contributed by atoms with Crippen LogP contribution in [-0.4, -0.2) is 47.3 Å². The van der Waals surface area contributed by atoms with Crippen molar-refractivity contribution in [2.75, 3.05) is 6.61 Å². The van der Waals surface area contributed by atoms with E-state index in [4.69, 9.17) is 9.47 Å². The van der Waals surface area contributed by atoms with Crippen LogP contribution in [0.4, 0.5) is 0 Å². The van der Waals surface area contributed by atoms with Gasteiger partial charge in [-0.15, -0.1) is 0 Å². The largest absolute Gasteiger partial charge is 0.493 e. The van der Waals surface area contributed by atoms with Gasteiger partial charge in [0.1, 0.15) is 11.3 Å². The van der Waals surface area contributed by atoms with Crippen molar-refractivity contribution in [3.05, 3.63) is 64.7 Å². The predicted octanol–water partition coefficient (Wildman–Crippen LogP) is 3.49. The highest BCUT2D eigenvalue weighted by Gasteiger charge is 2.35. The molecule has 0 spiro atoms. The molecule has 178 valence electrons. The molecule has 2 aromatic carbocycles. The van der Waals surface area contributed by atoms with Crippen LogP contribution in [0, 0.1) is 0 Å². The van der Waals surface area contributed by atoms with Gasteiger partial charge in [-0.25, -0.2) is 4.79 Å². The van der Waals surface area contributed by atoms with Gasteiger partial charge in [0.05, 0.1) is 24.3 Å². The number of nitrogens with one attached hydrogen (secondary N) is 1. The Labute approximate surface area is 198 Å². The molecule has 0 bridgehead atoms. The van der Waals surface area contributed by atoms with Gasteiger partial charge in [-0.05, 0) is 56.5 Å². The first-order valence-electron chi connectivity index (χ1n) is 11.6. The third-order valence-electron chi connectivity index (χ3n) is 6.14.